The molecule has 0 aliphatic rings. The Morgan fingerprint density at radius 2 is 1.73 bits per heavy atom. The predicted octanol–water partition coefficient (Wildman–Crippen LogP) is 8.64. The number of halogens is 4. The number of fused-ring (bicyclic) bond motifs is 1. The van der Waals surface area contributed by atoms with Crippen LogP contribution in [0.25, 0.3) is 16.9 Å². The molecule has 6 nitrogen and oxygen atoms in total. The number of esters is 1. The Balaban J connectivity index is 1.72. The summed E-state index contributed by atoms with van der Waals surface area (Å²) in [5, 5.41) is 3.68. The van der Waals surface area contributed by atoms with Crippen LogP contribution in [0.2, 0.25) is 0 Å². The largest absolute Gasteiger partial charge is 0.493 e. The second-order valence-corrected chi connectivity index (χ2v) is 12.4. The minimum atomic E-state index is -4.58. The van der Waals surface area contributed by atoms with Crippen molar-refractivity contribution in [3.8, 4) is 22.8 Å². The number of carbonyl (C=O) groups excluding carboxylic acids is 1. The van der Waals surface area contributed by atoms with E-state index in [1.807, 2.05) is 22.7 Å². The molecule has 0 amide bonds. The Kier molecular flexibility index (Phi) is 7.95. The lowest BCUT2D eigenvalue weighted by atomic mass is 9.82. The topological polar surface area (TPSA) is 64.9 Å². The molecule has 0 atom stereocenters. The molecule has 0 spiro atoms. The Morgan fingerprint density at radius 1 is 1.00 bits per heavy atom. The number of ether oxygens (including phenoxy) is 2. The number of nitrogens with one attached hydrogen (secondary N) is 1. The third kappa shape index (κ3) is 6.78. The lowest BCUT2D eigenvalue weighted by Crippen LogP contribution is -2.36. The molecule has 4 aromatic rings. The maximum atomic E-state index is 13.1. The number of nitrogens with zero attached hydrogens (tertiary/aromatic N) is 2. The van der Waals surface area contributed by atoms with Crippen LogP contribution in [-0.4, -0.2) is 28.0 Å². The summed E-state index contributed by atoms with van der Waals surface area (Å²) in [6, 6.07) is 12.9. The quantitative estimate of drug-likeness (QED) is 0.166. The number of pyridine rings is 1. The summed E-state index contributed by atoms with van der Waals surface area (Å²) in [5.41, 5.74) is 0.726. The van der Waals surface area contributed by atoms with Gasteiger partial charge in [0.1, 0.15) is 17.2 Å². The Labute approximate surface area is 239 Å². The molecule has 10 heteroatoms. The van der Waals surface area contributed by atoms with Gasteiger partial charge < -0.3 is 14.8 Å². The minimum Gasteiger partial charge on any atom is -0.493 e. The first-order valence-electron chi connectivity index (χ1n) is 12.6. The van der Waals surface area contributed by atoms with Gasteiger partial charge in [-0.15, -0.1) is 0 Å². The van der Waals surface area contributed by atoms with E-state index in [4.69, 9.17) is 14.5 Å². The molecule has 2 heterocycles. The first kappa shape index (κ1) is 29.5. The van der Waals surface area contributed by atoms with E-state index in [0.29, 0.717) is 11.3 Å². The molecule has 0 fully saturated rings. The maximum absolute atomic E-state index is 13.1. The molecule has 0 aliphatic heterocycles. The van der Waals surface area contributed by atoms with Crippen molar-refractivity contribution < 1.29 is 27.4 Å². The van der Waals surface area contributed by atoms with Gasteiger partial charge >= 0.3 is 12.1 Å². The van der Waals surface area contributed by atoms with E-state index in [1.54, 1.807) is 18.2 Å². The van der Waals surface area contributed by atoms with Crippen LogP contribution in [0, 0.1) is 5.41 Å². The molecule has 2 aromatic carbocycles. The highest BCUT2D eigenvalue weighted by Gasteiger charge is 2.31. The summed E-state index contributed by atoms with van der Waals surface area (Å²) in [6.07, 6.45) is -1.76. The maximum Gasteiger partial charge on any atom is 0.416 e. The normalized spacial score (nSPS) is 12.4. The number of imidazole rings is 1. The van der Waals surface area contributed by atoms with Gasteiger partial charge in [0.15, 0.2) is 11.5 Å². The number of alkyl halides is 3. The van der Waals surface area contributed by atoms with Crippen LogP contribution < -0.4 is 14.8 Å². The van der Waals surface area contributed by atoms with Gasteiger partial charge in [0.25, 0.3) is 0 Å². The van der Waals surface area contributed by atoms with Crippen molar-refractivity contribution in [1.29, 1.82) is 0 Å². The predicted molar refractivity (Wildman–Crippen MR) is 153 cm³/mol. The molecule has 0 saturated carbocycles. The number of rotatable bonds is 7. The van der Waals surface area contributed by atoms with Gasteiger partial charge in [0.05, 0.1) is 18.2 Å². The van der Waals surface area contributed by atoms with Crippen molar-refractivity contribution in [3.05, 3.63) is 76.4 Å². The fourth-order valence-electron chi connectivity index (χ4n) is 4.91. The molecule has 0 radical (unpaired) electrons. The van der Waals surface area contributed by atoms with Crippen molar-refractivity contribution in [3.63, 3.8) is 0 Å². The van der Waals surface area contributed by atoms with Gasteiger partial charge in [-0.25, -0.2) is 9.78 Å². The molecule has 0 unspecified atom stereocenters. The Bertz CT molecular complexity index is 1560. The summed E-state index contributed by atoms with van der Waals surface area (Å²) in [6.45, 7) is 10.8. The second-order valence-electron chi connectivity index (χ2n) is 11.5. The van der Waals surface area contributed by atoms with Crippen LogP contribution in [0.5, 0.6) is 11.5 Å². The van der Waals surface area contributed by atoms with Gasteiger partial charge in [0.2, 0.25) is 0 Å². The third-order valence-electron chi connectivity index (χ3n) is 6.08. The average Bonchev–Trinajstić information content (AvgIpc) is 3.19. The molecule has 1 N–H and O–H groups in total. The smallest absolute Gasteiger partial charge is 0.416 e. The zero-order chi connectivity index (χ0) is 29.5. The van der Waals surface area contributed by atoms with Crippen LogP contribution in [0.3, 0.4) is 0 Å². The lowest BCUT2D eigenvalue weighted by molar-refractivity contribution is -0.137. The van der Waals surface area contributed by atoms with Crippen LogP contribution >= 0.6 is 15.9 Å². The first-order valence-corrected chi connectivity index (χ1v) is 13.4. The van der Waals surface area contributed by atoms with E-state index in [0.717, 1.165) is 40.6 Å². The SMILES string of the molecule is COc1cc(-c2nc3ccc(Br)cn3c2NC(C)(C)CC(C)(C)C)ccc1OC(=O)c1cccc(C(F)(F)F)c1. The fraction of sp³-hybridized carbons (Fsp3) is 0.333. The van der Waals surface area contributed by atoms with E-state index >= 15 is 0 Å². The van der Waals surface area contributed by atoms with E-state index in [2.05, 4.69) is 55.9 Å². The minimum absolute atomic E-state index is 0.0720. The highest BCUT2D eigenvalue weighted by atomic mass is 79.9. The van der Waals surface area contributed by atoms with Gasteiger partial charge in [-0.2, -0.15) is 13.2 Å². The van der Waals surface area contributed by atoms with Gasteiger partial charge in [0, 0.05) is 21.8 Å². The molecule has 40 heavy (non-hydrogen) atoms. The van der Waals surface area contributed by atoms with Crippen LogP contribution in [0.4, 0.5) is 19.0 Å². The molecule has 0 bridgehead atoms. The van der Waals surface area contributed by atoms with Crippen molar-refractivity contribution in [1.82, 2.24) is 9.38 Å². The number of hydrogen-bond donors (Lipinski definition) is 1. The van der Waals surface area contributed by atoms with E-state index in [-0.39, 0.29) is 28.0 Å². The fourth-order valence-corrected chi connectivity index (χ4v) is 5.25. The highest BCUT2D eigenvalue weighted by Crippen LogP contribution is 2.39. The molecule has 0 aliphatic carbocycles. The van der Waals surface area contributed by atoms with Crippen molar-refractivity contribution in [2.45, 2.75) is 52.8 Å². The summed E-state index contributed by atoms with van der Waals surface area (Å²) in [5.74, 6) is 0.154. The average molecular weight is 618 g/mol. The number of anilines is 1. The Hall–Kier alpha value is -3.53. The number of methoxy groups -OCH3 is 1. The molecule has 2 aromatic heterocycles. The second kappa shape index (κ2) is 10.8. The molecular weight excluding hydrogens is 587 g/mol. The molecule has 4 rings (SSSR count). The monoisotopic (exact) mass is 617 g/mol. The van der Waals surface area contributed by atoms with Crippen molar-refractivity contribution >= 4 is 33.4 Å². The van der Waals surface area contributed by atoms with E-state index in [1.165, 1.54) is 13.2 Å². The summed E-state index contributed by atoms with van der Waals surface area (Å²) < 4.78 is 53.1. The summed E-state index contributed by atoms with van der Waals surface area (Å²) >= 11 is 3.54. The van der Waals surface area contributed by atoms with Crippen LogP contribution in [0.15, 0.2) is 65.3 Å². The number of benzene rings is 2. The summed E-state index contributed by atoms with van der Waals surface area (Å²) in [4.78, 5) is 17.6. The molecule has 0 saturated heterocycles. The number of carbonyl (C=O) groups is 1. The zero-order valence-electron chi connectivity index (χ0n) is 23.1. The van der Waals surface area contributed by atoms with E-state index < -0.39 is 17.7 Å². The van der Waals surface area contributed by atoms with Gasteiger partial charge in [-0.1, -0.05) is 26.8 Å². The molecule has 212 valence electrons. The van der Waals surface area contributed by atoms with Crippen LogP contribution in [-0.2, 0) is 6.18 Å². The van der Waals surface area contributed by atoms with Crippen molar-refractivity contribution in [2.75, 3.05) is 12.4 Å². The van der Waals surface area contributed by atoms with Crippen LogP contribution in [0.1, 0.15) is 57.0 Å². The standard InChI is InChI=1S/C30H31BrF3N3O3/c1-28(2,3)17-29(4,5)36-26-25(35-24-13-11-21(31)16-37(24)26)18-10-12-22(23(15-18)39-6)40-27(38)19-8-7-9-20(14-19)30(32,33)34/h7-16,36H,17H2,1-6H3. The summed E-state index contributed by atoms with van der Waals surface area (Å²) in [7, 11) is 1.42. The Morgan fingerprint density at radius 3 is 2.38 bits per heavy atom. The zero-order valence-corrected chi connectivity index (χ0v) is 24.7. The number of aromatic nitrogens is 2. The first-order chi connectivity index (χ1) is 18.6. The molecular formula is C30H31BrF3N3O3. The number of hydrogen-bond acceptors (Lipinski definition) is 5. The van der Waals surface area contributed by atoms with Crippen molar-refractivity contribution in [2.24, 2.45) is 5.41 Å². The lowest BCUT2D eigenvalue weighted by Gasteiger charge is -2.34. The van der Waals surface area contributed by atoms with Gasteiger partial charge in [-0.05, 0) is 90.1 Å². The highest BCUT2D eigenvalue weighted by molar-refractivity contribution is 9.10. The van der Waals surface area contributed by atoms with E-state index in [9.17, 15) is 18.0 Å². The van der Waals surface area contributed by atoms with Gasteiger partial charge in [-0.3, -0.25) is 4.40 Å². The third-order valence-corrected chi connectivity index (χ3v) is 6.55.